The van der Waals surface area contributed by atoms with Crippen LogP contribution in [-0.2, 0) is 32.0 Å². The van der Waals surface area contributed by atoms with Gasteiger partial charge in [-0.05, 0) is 19.4 Å². The van der Waals surface area contributed by atoms with Crippen molar-refractivity contribution >= 4 is 66.1 Å². The number of imidazole rings is 1. The van der Waals surface area contributed by atoms with E-state index in [1.165, 1.54) is 17.2 Å². The number of thiol groups is 2. The minimum atomic E-state index is -4.22. The molecule has 4 aromatic rings. The number of ether oxygens (including phenoxy) is 1. The van der Waals surface area contributed by atoms with Gasteiger partial charge in [-0.2, -0.15) is 0 Å². The van der Waals surface area contributed by atoms with Crippen molar-refractivity contribution in [1.29, 1.82) is 0 Å². The van der Waals surface area contributed by atoms with E-state index >= 15 is 0 Å². The Labute approximate surface area is 270 Å². The minimum absolute atomic E-state index is 0.0196. The lowest BCUT2D eigenvalue weighted by atomic mass is 9.99. The fourth-order valence-electron chi connectivity index (χ4n) is 6.40. The summed E-state index contributed by atoms with van der Waals surface area (Å²) in [4.78, 5) is 31.9. The number of fused-ring (bicyclic) bond motifs is 5. The number of aliphatic hydroxyl groups is 2. The topological polar surface area (TPSA) is 241 Å². The lowest BCUT2D eigenvalue weighted by molar-refractivity contribution is -0.0501. The van der Waals surface area contributed by atoms with E-state index < -0.39 is 80.9 Å². The van der Waals surface area contributed by atoms with E-state index in [2.05, 4.69) is 49.4 Å². The quantitative estimate of drug-likeness (QED) is 0.131. The summed E-state index contributed by atoms with van der Waals surface area (Å²) < 4.78 is 59.8. The van der Waals surface area contributed by atoms with Crippen LogP contribution in [0.5, 0.6) is 0 Å². The molecule has 5 N–H and O–H groups in total. The number of H-pyrrole nitrogens is 1. The highest BCUT2D eigenvalue weighted by molar-refractivity contribution is 8.44. The Balaban J connectivity index is 1.22. The zero-order valence-electron chi connectivity index (χ0n) is 24.0. The molecule has 0 unspecified atom stereocenters. The molecular formula is C24H30N8O10P2S2. The van der Waals surface area contributed by atoms with Crippen molar-refractivity contribution in [2.24, 2.45) is 11.8 Å². The summed E-state index contributed by atoms with van der Waals surface area (Å²) in [5.74, 6) is -1.03. The molecule has 3 fully saturated rings. The highest BCUT2D eigenvalue weighted by Gasteiger charge is 2.52. The number of nitrogen functional groups attached to an aromatic ring is 1. The van der Waals surface area contributed by atoms with Gasteiger partial charge in [0.05, 0.1) is 43.7 Å². The van der Waals surface area contributed by atoms with E-state index in [1.807, 2.05) is 0 Å². The van der Waals surface area contributed by atoms with E-state index in [4.69, 9.17) is 28.6 Å². The van der Waals surface area contributed by atoms with E-state index in [0.29, 0.717) is 16.9 Å². The molecule has 1 aliphatic carbocycles. The summed E-state index contributed by atoms with van der Waals surface area (Å²) >= 11 is 8.41. The second kappa shape index (κ2) is 12.0. The van der Waals surface area contributed by atoms with Crippen LogP contribution in [0.2, 0.25) is 0 Å². The third kappa shape index (κ3) is 5.72. The van der Waals surface area contributed by atoms with Crippen molar-refractivity contribution in [3.05, 3.63) is 41.1 Å². The molecule has 18 nitrogen and oxygen atoms in total. The van der Waals surface area contributed by atoms with Crippen molar-refractivity contribution in [1.82, 2.24) is 34.1 Å². The van der Waals surface area contributed by atoms with Gasteiger partial charge in [-0.15, -0.1) is 0 Å². The van der Waals surface area contributed by atoms with Crippen LogP contribution in [0.15, 0.2) is 29.7 Å². The summed E-state index contributed by atoms with van der Waals surface area (Å²) in [6, 6.07) is 1.06. The van der Waals surface area contributed by atoms with Gasteiger partial charge in [0.2, 0.25) is 0 Å². The van der Waals surface area contributed by atoms with Crippen LogP contribution in [0.3, 0.4) is 0 Å². The minimum Gasteiger partial charge on any atom is -0.396 e. The molecule has 0 amide bonds. The third-order valence-corrected chi connectivity index (χ3v) is 11.8. The molecule has 248 valence electrons. The Hall–Kier alpha value is -2.35. The molecule has 22 heteroatoms. The van der Waals surface area contributed by atoms with Crippen molar-refractivity contribution in [2.45, 2.75) is 50.0 Å². The Kier molecular flexibility index (Phi) is 8.37. The monoisotopic (exact) mass is 716 g/mol. The smallest absolute Gasteiger partial charge is 0.386 e. The van der Waals surface area contributed by atoms with Crippen LogP contribution in [-0.4, -0.2) is 88.5 Å². The Bertz CT molecular complexity index is 1960. The molecule has 0 spiro atoms. The summed E-state index contributed by atoms with van der Waals surface area (Å²) in [7, 11) is 0. The molecule has 0 aromatic carbocycles. The SMILES string of the molecule is Cc1nc2c(ncn2[C@@H]2O[C@@H]3CO[P@](=O)(S)O[C@@H]4[C@@H](CO[P@](=O)(S)O[C@@H]2[C@@H]3CO)C[C@@H](n2ccc3c(N)ncnc32)[C@@H]4O)c(=O)[nH]1. The van der Waals surface area contributed by atoms with Gasteiger partial charge < -0.3 is 34.8 Å². The number of rotatable bonds is 3. The Morgan fingerprint density at radius 3 is 2.59 bits per heavy atom. The fraction of sp³-hybridized carbons (Fsp3) is 0.542. The first-order valence-corrected chi connectivity index (χ1v) is 19.5. The van der Waals surface area contributed by atoms with Crippen molar-refractivity contribution in [3.63, 3.8) is 0 Å². The molecule has 1 saturated carbocycles. The Morgan fingerprint density at radius 2 is 1.83 bits per heavy atom. The maximum atomic E-state index is 13.8. The summed E-state index contributed by atoms with van der Waals surface area (Å²) in [6.07, 6.45) is -1.23. The second-order valence-electron chi connectivity index (χ2n) is 11.3. The first-order valence-electron chi connectivity index (χ1n) is 14.1. The normalized spacial score (nSPS) is 37.2. The Morgan fingerprint density at radius 1 is 1.09 bits per heavy atom. The lowest BCUT2D eigenvalue weighted by Gasteiger charge is -2.28. The number of anilines is 1. The van der Waals surface area contributed by atoms with Gasteiger partial charge in [0, 0.05) is 18.0 Å². The first-order chi connectivity index (χ1) is 21.9. The molecule has 4 aromatic heterocycles. The highest BCUT2D eigenvalue weighted by atomic mass is 32.7. The van der Waals surface area contributed by atoms with Crippen LogP contribution >= 0.6 is 38.1 Å². The molecule has 2 bridgehead atoms. The largest absolute Gasteiger partial charge is 0.396 e. The summed E-state index contributed by atoms with van der Waals surface area (Å²) in [5.41, 5.74) is 6.15. The van der Waals surface area contributed by atoms with Crippen LogP contribution in [0, 0.1) is 18.8 Å². The van der Waals surface area contributed by atoms with Crippen molar-refractivity contribution in [3.8, 4) is 0 Å². The zero-order chi connectivity index (χ0) is 32.5. The number of nitrogens with one attached hydrogen (secondary N) is 1. The first kappa shape index (κ1) is 32.2. The predicted octanol–water partition coefficient (Wildman–Crippen LogP) is 1.78. The molecule has 0 radical (unpaired) electrons. The van der Waals surface area contributed by atoms with Gasteiger partial charge in [0.1, 0.15) is 41.9 Å². The molecule has 2 saturated heterocycles. The van der Waals surface area contributed by atoms with Crippen molar-refractivity contribution < 1.29 is 42.2 Å². The van der Waals surface area contributed by atoms with Crippen LogP contribution < -0.4 is 11.3 Å². The number of hydrogen-bond donors (Lipinski definition) is 6. The third-order valence-electron chi connectivity index (χ3n) is 8.53. The molecule has 7 rings (SSSR count). The molecule has 10 atom stereocenters. The molecule has 2 aliphatic heterocycles. The molecule has 46 heavy (non-hydrogen) atoms. The van der Waals surface area contributed by atoms with Gasteiger partial charge in [0.25, 0.3) is 5.56 Å². The van der Waals surface area contributed by atoms with Gasteiger partial charge in [-0.1, -0.05) is 24.5 Å². The molecular weight excluding hydrogens is 686 g/mol. The number of aromatic nitrogens is 7. The lowest BCUT2D eigenvalue weighted by Crippen LogP contribution is -2.33. The standard InChI is InChI=1S/C24H30N8O10P2S2/c1-10-29-22-16(23(35)30-10)28-9-32(22)24-19-13(5-33)15(40-24)7-39-44(37,46)41-18-11(6-38-43(36,45)42-19)4-14(17(18)34)31-3-2-12-20(25)26-8-27-21(12)31/h2-3,8-9,11,13-15,17-19,24,33-34H,4-7H2,1H3,(H,36,45)(H,37,46)(H2,25,26,27)(H,29,30,35)/t11-,13-,14-,15-,17+,18-,19-,24-,43+,44+/m1/s1. The highest BCUT2D eigenvalue weighted by Crippen LogP contribution is 2.61. The molecule has 3 aliphatic rings. The van der Waals surface area contributed by atoms with Crippen LogP contribution in [0.25, 0.3) is 22.2 Å². The number of aryl methyl sites for hydroxylation is 1. The molecule has 6 heterocycles. The number of aromatic amines is 1. The average Bonchev–Trinajstić information content (AvgIpc) is 3.75. The average molecular weight is 717 g/mol. The van der Waals surface area contributed by atoms with E-state index in [0.717, 1.165) is 0 Å². The summed E-state index contributed by atoms with van der Waals surface area (Å²) in [5, 5.41) is 22.4. The fourth-order valence-corrected chi connectivity index (χ4v) is 9.46. The van der Waals surface area contributed by atoms with Crippen molar-refractivity contribution in [2.75, 3.05) is 25.6 Å². The predicted molar refractivity (Wildman–Crippen MR) is 167 cm³/mol. The van der Waals surface area contributed by atoms with Gasteiger partial charge in [-0.3, -0.25) is 22.9 Å². The second-order valence-corrected chi connectivity index (χ2v) is 17.1. The number of hydrogen-bond acceptors (Lipinski definition) is 15. The number of nitrogens with zero attached hydrogens (tertiary/aromatic N) is 6. The summed E-state index contributed by atoms with van der Waals surface area (Å²) in [6.45, 7) is -8.08. The van der Waals surface area contributed by atoms with Gasteiger partial charge in [0.15, 0.2) is 17.4 Å². The number of aliphatic hydroxyl groups excluding tert-OH is 2. The van der Waals surface area contributed by atoms with E-state index in [-0.39, 0.29) is 30.0 Å². The van der Waals surface area contributed by atoms with E-state index in [9.17, 15) is 24.1 Å². The van der Waals surface area contributed by atoms with Gasteiger partial charge >= 0.3 is 13.6 Å². The number of nitrogens with two attached hydrogens (primary N) is 1. The van der Waals surface area contributed by atoms with E-state index in [1.54, 1.807) is 23.8 Å². The van der Waals surface area contributed by atoms with Gasteiger partial charge in [-0.25, -0.2) is 29.1 Å². The van der Waals surface area contributed by atoms with Crippen LogP contribution in [0.4, 0.5) is 5.82 Å². The maximum Gasteiger partial charge on any atom is 0.386 e. The van der Waals surface area contributed by atoms with Crippen LogP contribution in [0.1, 0.15) is 24.5 Å². The maximum absolute atomic E-state index is 13.8. The zero-order valence-corrected chi connectivity index (χ0v) is 27.5.